The Balaban J connectivity index is 1.52. The largest absolute Gasteiger partial charge is 0.394 e. The number of rotatable bonds is 8. The highest BCUT2D eigenvalue weighted by Gasteiger charge is 2.75. The lowest BCUT2D eigenvalue weighted by molar-refractivity contribution is -0.143. The van der Waals surface area contributed by atoms with Crippen LogP contribution in [0.5, 0.6) is 0 Å². The summed E-state index contributed by atoms with van der Waals surface area (Å²) in [7, 11) is 0. The molecule has 2 aromatic rings. The number of aliphatic hydroxyl groups excluding tert-OH is 1. The van der Waals surface area contributed by atoms with Crippen LogP contribution in [0.15, 0.2) is 54.6 Å². The summed E-state index contributed by atoms with van der Waals surface area (Å²) in [6.07, 6.45) is 1.08. The molecule has 6 atom stereocenters. The number of aliphatic hydroxyl groups is 1. The van der Waals surface area contributed by atoms with E-state index in [0.29, 0.717) is 35.7 Å². The maximum atomic E-state index is 14.1. The standard InChI is InChI=1S/C28H32ClN3O5/c1-16(2)14-18(15-33)32-24(26(35)31-20-11-7-6-10-19(20)29)28-13-12-21(37-28)22(23(28)27(32)36)25(34)30-17-8-4-3-5-9-17/h3-11,16,18,21-24,33H,12-15H2,1-2H3,(H,30,34)(H,31,35)/t18-,21+,22-,23+,24?,28?/m1/s1. The molecular weight excluding hydrogens is 494 g/mol. The number of likely N-dealkylation sites (tertiary alicyclic amines) is 1. The predicted octanol–water partition coefficient (Wildman–Crippen LogP) is 3.70. The molecular formula is C28H32ClN3O5. The Morgan fingerprint density at radius 3 is 2.49 bits per heavy atom. The van der Waals surface area contributed by atoms with E-state index in [2.05, 4.69) is 10.6 Å². The summed E-state index contributed by atoms with van der Waals surface area (Å²) in [5.41, 5.74) is -0.0969. The number of hydrogen-bond donors (Lipinski definition) is 3. The zero-order chi connectivity index (χ0) is 26.3. The fraction of sp³-hybridized carbons (Fsp3) is 0.464. The first kappa shape index (κ1) is 25.7. The number of fused-ring (bicyclic) bond motifs is 1. The van der Waals surface area contributed by atoms with E-state index in [1.165, 1.54) is 4.90 Å². The number of benzene rings is 2. The van der Waals surface area contributed by atoms with E-state index in [9.17, 15) is 19.5 Å². The van der Waals surface area contributed by atoms with E-state index in [0.717, 1.165) is 0 Å². The fourth-order valence-corrected chi connectivity index (χ4v) is 6.60. The van der Waals surface area contributed by atoms with E-state index in [1.807, 2.05) is 32.0 Å². The van der Waals surface area contributed by atoms with Gasteiger partial charge < -0.3 is 25.4 Å². The number of carbonyl (C=O) groups is 3. The van der Waals surface area contributed by atoms with Crippen LogP contribution in [0.4, 0.5) is 11.4 Å². The number of nitrogens with one attached hydrogen (secondary N) is 2. The number of amides is 3. The third-order valence-electron chi connectivity index (χ3n) is 7.81. The Morgan fingerprint density at radius 1 is 1.11 bits per heavy atom. The molecule has 196 valence electrons. The summed E-state index contributed by atoms with van der Waals surface area (Å²) in [5.74, 6) is -2.44. The average molecular weight is 526 g/mol. The molecule has 2 bridgehead atoms. The highest BCUT2D eigenvalue weighted by Crippen LogP contribution is 2.59. The number of nitrogens with zero attached hydrogens (tertiary/aromatic N) is 1. The van der Waals surface area contributed by atoms with Gasteiger partial charge in [-0.25, -0.2) is 0 Å². The van der Waals surface area contributed by atoms with Crippen molar-refractivity contribution < 1.29 is 24.2 Å². The minimum Gasteiger partial charge on any atom is -0.394 e. The van der Waals surface area contributed by atoms with Crippen LogP contribution in [0.25, 0.3) is 0 Å². The molecule has 3 aliphatic heterocycles. The van der Waals surface area contributed by atoms with Gasteiger partial charge in [-0.15, -0.1) is 0 Å². The molecule has 5 rings (SSSR count). The van der Waals surface area contributed by atoms with Crippen LogP contribution in [0.1, 0.15) is 33.1 Å². The smallest absolute Gasteiger partial charge is 0.250 e. The van der Waals surface area contributed by atoms with Crippen LogP contribution in [0, 0.1) is 17.8 Å². The van der Waals surface area contributed by atoms with Crippen molar-refractivity contribution in [3.05, 3.63) is 59.6 Å². The minimum atomic E-state index is -1.16. The normalized spacial score (nSPS) is 28.9. The Kier molecular flexibility index (Phi) is 7.00. The highest BCUT2D eigenvalue weighted by molar-refractivity contribution is 6.33. The first-order chi connectivity index (χ1) is 17.8. The molecule has 9 heteroatoms. The zero-order valence-electron chi connectivity index (χ0n) is 20.9. The van der Waals surface area contributed by atoms with Gasteiger partial charge in [0.25, 0.3) is 0 Å². The van der Waals surface area contributed by atoms with Crippen molar-refractivity contribution in [1.29, 1.82) is 0 Å². The van der Waals surface area contributed by atoms with Gasteiger partial charge >= 0.3 is 0 Å². The lowest BCUT2D eigenvalue weighted by Gasteiger charge is -2.37. The van der Waals surface area contributed by atoms with Crippen LogP contribution in [0.2, 0.25) is 5.02 Å². The van der Waals surface area contributed by atoms with Gasteiger partial charge in [-0.1, -0.05) is 55.8 Å². The lowest BCUT2D eigenvalue weighted by atomic mass is 9.70. The van der Waals surface area contributed by atoms with Crippen molar-refractivity contribution in [2.75, 3.05) is 17.2 Å². The van der Waals surface area contributed by atoms with Crippen molar-refractivity contribution >= 4 is 40.7 Å². The number of halogens is 1. The predicted molar refractivity (Wildman–Crippen MR) is 140 cm³/mol. The SMILES string of the molecule is CC(C)C[C@H](CO)N1C(=O)[C@@H]2[C@H](C(=O)Nc3ccccc3)[C@@H]3CCC2(O3)C1C(=O)Nc1ccccc1Cl. The Bertz CT molecular complexity index is 1190. The maximum absolute atomic E-state index is 14.1. The second-order valence-corrected chi connectivity index (χ2v) is 11.0. The molecule has 2 unspecified atom stereocenters. The van der Waals surface area contributed by atoms with Crippen LogP contribution in [-0.2, 0) is 19.1 Å². The van der Waals surface area contributed by atoms with Crippen molar-refractivity contribution in [2.45, 2.75) is 56.9 Å². The van der Waals surface area contributed by atoms with Crippen LogP contribution < -0.4 is 10.6 Å². The second-order valence-electron chi connectivity index (χ2n) is 10.6. The molecule has 3 fully saturated rings. The van der Waals surface area contributed by atoms with Gasteiger partial charge in [0, 0.05) is 5.69 Å². The fourth-order valence-electron chi connectivity index (χ4n) is 6.42. The van der Waals surface area contributed by atoms with E-state index in [-0.39, 0.29) is 24.3 Å². The Morgan fingerprint density at radius 2 is 1.81 bits per heavy atom. The molecule has 8 nitrogen and oxygen atoms in total. The van der Waals surface area contributed by atoms with Gasteiger partial charge in [0.2, 0.25) is 17.7 Å². The van der Waals surface area contributed by atoms with Crippen molar-refractivity contribution in [2.24, 2.45) is 17.8 Å². The van der Waals surface area contributed by atoms with Crippen molar-refractivity contribution in [3.8, 4) is 0 Å². The van der Waals surface area contributed by atoms with Gasteiger partial charge in [-0.05, 0) is 49.4 Å². The van der Waals surface area contributed by atoms with Crippen molar-refractivity contribution in [1.82, 2.24) is 4.90 Å². The van der Waals surface area contributed by atoms with E-state index in [4.69, 9.17) is 16.3 Å². The summed E-state index contributed by atoms with van der Waals surface area (Å²) in [6.45, 7) is 3.70. The quantitative estimate of drug-likeness (QED) is 0.487. The number of carbonyl (C=O) groups excluding carboxylic acids is 3. The van der Waals surface area contributed by atoms with Gasteiger partial charge in [0.1, 0.15) is 11.6 Å². The average Bonchev–Trinajstić information content (AvgIpc) is 3.52. The first-order valence-electron chi connectivity index (χ1n) is 12.8. The molecule has 1 spiro atoms. The number of hydrogen-bond acceptors (Lipinski definition) is 5. The highest BCUT2D eigenvalue weighted by atomic mass is 35.5. The van der Waals surface area contributed by atoms with Gasteiger partial charge in [0.15, 0.2) is 0 Å². The minimum absolute atomic E-state index is 0.171. The Hall–Kier alpha value is -2.94. The summed E-state index contributed by atoms with van der Waals surface area (Å²) in [5, 5.41) is 16.5. The molecule has 2 aromatic carbocycles. The summed E-state index contributed by atoms with van der Waals surface area (Å²) >= 11 is 6.31. The molecule has 3 heterocycles. The van der Waals surface area contributed by atoms with Gasteiger partial charge in [0.05, 0.1) is 41.3 Å². The number of ether oxygens (including phenoxy) is 1. The molecule has 3 aliphatic rings. The third kappa shape index (κ3) is 4.41. The lowest BCUT2D eigenvalue weighted by Crippen LogP contribution is -2.56. The van der Waals surface area contributed by atoms with E-state index < -0.39 is 41.5 Å². The number of anilines is 2. The van der Waals surface area contributed by atoms with Crippen LogP contribution in [-0.4, -0.2) is 58.1 Å². The Labute approximate surface area is 221 Å². The van der Waals surface area contributed by atoms with Gasteiger partial charge in [-0.2, -0.15) is 0 Å². The topological polar surface area (TPSA) is 108 Å². The summed E-state index contributed by atoms with van der Waals surface area (Å²) < 4.78 is 6.46. The van der Waals surface area contributed by atoms with Crippen LogP contribution >= 0.6 is 11.6 Å². The summed E-state index contributed by atoms with van der Waals surface area (Å²) in [6, 6.07) is 14.4. The molecule has 0 radical (unpaired) electrons. The maximum Gasteiger partial charge on any atom is 0.250 e. The van der Waals surface area contributed by atoms with E-state index in [1.54, 1.807) is 36.4 Å². The van der Waals surface area contributed by atoms with Gasteiger partial charge in [-0.3, -0.25) is 14.4 Å². The monoisotopic (exact) mass is 525 g/mol. The zero-order valence-corrected chi connectivity index (χ0v) is 21.6. The third-order valence-corrected chi connectivity index (χ3v) is 8.14. The molecule has 3 saturated heterocycles. The summed E-state index contributed by atoms with van der Waals surface area (Å²) in [4.78, 5) is 43.0. The molecule has 37 heavy (non-hydrogen) atoms. The van der Waals surface area contributed by atoms with Crippen LogP contribution in [0.3, 0.4) is 0 Å². The molecule has 3 N–H and O–H groups in total. The second kappa shape index (κ2) is 10.1. The first-order valence-corrected chi connectivity index (χ1v) is 13.2. The molecule has 0 aliphatic carbocycles. The number of para-hydroxylation sites is 2. The molecule has 3 amide bonds. The van der Waals surface area contributed by atoms with E-state index >= 15 is 0 Å². The molecule has 0 saturated carbocycles. The molecule has 0 aromatic heterocycles. The van der Waals surface area contributed by atoms with Crippen molar-refractivity contribution in [3.63, 3.8) is 0 Å².